The van der Waals surface area contributed by atoms with E-state index in [0.29, 0.717) is 11.0 Å². The first-order valence-electron chi connectivity index (χ1n) is 10.2. The van der Waals surface area contributed by atoms with Gasteiger partial charge in [-0.2, -0.15) is 0 Å². The lowest BCUT2D eigenvalue weighted by Crippen LogP contribution is -2.45. The van der Waals surface area contributed by atoms with Gasteiger partial charge in [-0.3, -0.25) is 14.5 Å². The third-order valence-corrected chi connectivity index (χ3v) is 4.98. The fraction of sp³-hybridized carbons (Fsp3) is 0.217. The molecule has 9 nitrogen and oxygen atoms in total. The van der Waals surface area contributed by atoms with Crippen molar-refractivity contribution in [2.45, 2.75) is 12.6 Å². The number of ether oxygens (including phenoxy) is 1. The van der Waals surface area contributed by atoms with Gasteiger partial charge in [-0.05, 0) is 42.5 Å². The minimum absolute atomic E-state index is 0.202. The highest BCUT2D eigenvalue weighted by atomic mass is 19.1. The Balaban J connectivity index is 1.74. The van der Waals surface area contributed by atoms with Crippen LogP contribution in [-0.2, 0) is 20.9 Å². The number of nitrogens with zero attached hydrogens (tertiary/aromatic N) is 4. The molecule has 0 aliphatic carbocycles. The van der Waals surface area contributed by atoms with Crippen molar-refractivity contribution >= 4 is 28.5 Å². The van der Waals surface area contributed by atoms with Gasteiger partial charge in [0.15, 0.2) is 6.04 Å². The van der Waals surface area contributed by atoms with Crippen molar-refractivity contribution < 1.29 is 23.1 Å². The maximum atomic E-state index is 14.1. The lowest BCUT2D eigenvalue weighted by molar-refractivity contribution is -0.127. The number of halogens is 1. The molecule has 1 N–H and O–H groups in total. The molecule has 0 unspecified atom stereocenters. The molecule has 0 spiro atoms. The quantitative estimate of drug-likeness (QED) is 0.393. The molecule has 10 heteroatoms. The van der Waals surface area contributed by atoms with Crippen LogP contribution in [0.4, 0.5) is 10.1 Å². The van der Waals surface area contributed by atoms with E-state index in [2.05, 4.69) is 15.6 Å². The predicted molar refractivity (Wildman–Crippen MR) is 118 cm³/mol. The number of fused-ring (bicyclic) bond motifs is 1. The highest BCUT2D eigenvalue weighted by Gasteiger charge is 2.35. The van der Waals surface area contributed by atoms with Crippen LogP contribution in [0.5, 0.6) is 0 Å². The van der Waals surface area contributed by atoms with Crippen LogP contribution >= 0.6 is 0 Å². The Morgan fingerprint density at radius 2 is 2.03 bits per heavy atom. The number of amides is 2. The number of hydrogen-bond acceptors (Lipinski definition) is 6. The van der Waals surface area contributed by atoms with Gasteiger partial charge >= 0.3 is 0 Å². The van der Waals surface area contributed by atoms with Gasteiger partial charge in [0.25, 0.3) is 5.91 Å². The zero-order valence-corrected chi connectivity index (χ0v) is 17.8. The molecule has 2 heterocycles. The first kappa shape index (κ1) is 22.2. The van der Waals surface area contributed by atoms with E-state index in [1.165, 1.54) is 41.2 Å². The Morgan fingerprint density at radius 3 is 2.79 bits per heavy atom. The van der Waals surface area contributed by atoms with Crippen LogP contribution in [0.25, 0.3) is 11.0 Å². The molecule has 2 amide bonds. The second-order valence-electron chi connectivity index (χ2n) is 7.18. The molecule has 0 radical (unpaired) electrons. The van der Waals surface area contributed by atoms with Crippen LogP contribution < -0.4 is 10.2 Å². The summed E-state index contributed by atoms with van der Waals surface area (Å²) in [4.78, 5) is 28.0. The molecule has 0 fully saturated rings. The Labute approximate surface area is 188 Å². The highest BCUT2D eigenvalue weighted by Crippen LogP contribution is 2.29. The maximum Gasteiger partial charge on any atom is 0.251 e. The number of rotatable bonds is 9. The first-order chi connectivity index (χ1) is 16.1. The molecule has 4 aromatic rings. The molecule has 2 aromatic heterocycles. The minimum Gasteiger partial charge on any atom is -0.467 e. The van der Waals surface area contributed by atoms with Gasteiger partial charge in [0.2, 0.25) is 5.91 Å². The van der Waals surface area contributed by atoms with Crippen LogP contribution in [0, 0.1) is 5.82 Å². The number of hydrogen-bond donors (Lipinski definition) is 1. The molecular weight excluding hydrogens is 429 g/mol. The number of para-hydroxylation sites is 1. The number of carbonyl (C=O) groups is 2. The Kier molecular flexibility index (Phi) is 6.75. The molecule has 4 rings (SSSR count). The third kappa shape index (κ3) is 4.90. The van der Waals surface area contributed by atoms with Crippen molar-refractivity contribution in [1.29, 1.82) is 0 Å². The van der Waals surface area contributed by atoms with E-state index in [1.54, 1.807) is 30.3 Å². The van der Waals surface area contributed by atoms with Crippen molar-refractivity contribution in [2.75, 3.05) is 25.2 Å². The van der Waals surface area contributed by atoms with Crippen LogP contribution in [-0.4, -0.2) is 47.1 Å². The summed E-state index contributed by atoms with van der Waals surface area (Å²) < 4.78 is 26.1. The average Bonchev–Trinajstić information content (AvgIpc) is 3.48. The van der Waals surface area contributed by atoms with E-state index < -0.39 is 23.7 Å². The molecule has 0 aliphatic rings. The van der Waals surface area contributed by atoms with E-state index in [0.717, 1.165) is 0 Å². The van der Waals surface area contributed by atoms with Gasteiger partial charge in [0.1, 0.15) is 23.6 Å². The molecule has 0 saturated carbocycles. The van der Waals surface area contributed by atoms with Gasteiger partial charge in [-0.15, -0.1) is 5.10 Å². The molecule has 0 aliphatic heterocycles. The largest absolute Gasteiger partial charge is 0.467 e. The Morgan fingerprint density at radius 1 is 1.18 bits per heavy atom. The minimum atomic E-state index is -1.18. The van der Waals surface area contributed by atoms with Gasteiger partial charge in [-0.25, -0.2) is 9.07 Å². The number of anilines is 1. The van der Waals surface area contributed by atoms with Gasteiger partial charge < -0.3 is 14.5 Å². The molecule has 170 valence electrons. The van der Waals surface area contributed by atoms with E-state index in [-0.39, 0.29) is 31.1 Å². The summed E-state index contributed by atoms with van der Waals surface area (Å²) in [5.74, 6) is -1.32. The van der Waals surface area contributed by atoms with E-state index in [1.807, 2.05) is 12.1 Å². The summed E-state index contributed by atoms with van der Waals surface area (Å²) in [5.41, 5.74) is 1.49. The topological polar surface area (TPSA) is 102 Å². The van der Waals surface area contributed by atoms with Crippen molar-refractivity contribution in [3.05, 3.63) is 78.5 Å². The Hall–Kier alpha value is -4.05. The van der Waals surface area contributed by atoms with Crippen LogP contribution in [0.15, 0.2) is 71.3 Å². The summed E-state index contributed by atoms with van der Waals surface area (Å²) in [6, 6.07) is 14.7. The number of nitrogens with one attached hydrogen (secondary N) is 1. The van der Waals surface area contributed by atoms with Gasteiger partial charge in [0.05, 0.1) is 18.4 Å². The fourth-order valence-corrected chi connectivity index (χ4v) is 3.49. The summed E-state index contributed by atoms with van der Waals surface area (Å²) in [6.45, 7) is 0.292. The second-order valence-corrected chi connectivity index (χ2v) is 7.18. The van der Waals surface area contributed by atoms with Crippen molar-refractivity contribution in [1.82, 2.24) is 20.3 Å². The van der Waals surface area contributed by atoms with Gasteiger partial charge in [-0.1, -0.05) is 23.4 Å². The first-order valence-corrected chi connectivity index (χ1v) is 10.2. The summed E-state index contributed by atoms with van der Waals surface area (Å²) >= 11 is 0. The Bertz CT molecular complexity index is 1240. The lowest BCUT2D eigenvalue weighted by atomic mass is 10.1. The summed E-state index contributed by atoms with van der Waals surface area (Å²) in [5, 5.41) is 10.9. The number of methoxy groups -OCH3 is 1. The highest BCUT2D eigenvalue weighted by molar-refractivity contribution is 6.01. The zero-order chi connectivity index (χ0) is 23.2. The molecule has 0 saturated heterocycles. The lowest BCUT2D eigenvalue weighted by Gasteiger charge is -2.30. The van der Waals surface area contributed by atoms with Crippen molar-refractivity contribution in [3.63, 3.8) is 0 Å². The van der Waals surface area contributed by atoms with Crippen LogP contribution in [0.3, 0.4) is 0 Å². The van der Waals surface area contributed by atoms with Crippen molar-refractivity contribution in [3.8, 4) is 0 Å². The molecule has 0 bridgehead atoms. The normalized spacial score (nSPS) is 11.9. The molecular formula is C23H22FN5O4. The number of furan rings is 1. The van der Waals surface area contributed by atoms with Crippen LogP contribution in [0.1, 0.15) is 11.8 Å². The van der Waals surface area contributed by atoms with Crippen LogP contribution in [0.2, 0.25) is 0 Å². The van der Waals surface area contributed by atoms with E-state index >= 15 is 0 Å². The average molecular weight is 451 g/mol. The number of benzene rings is 2. The molecule has 33 heavy (non-hydrogen) atoms. The summed E-state index contributed by atoms with van der Waals surface area (Å²) in [6.07, 6.45) is 1.41. The van der Waals surface area contributed by atoms with E-state index in [9.17, 15) is 14.0 Å². The monoisotopic (exact) mass is 451 g/mol. The van der Waals surface area contributed by atoms with E-state index in [4.69, 9.17) is 9.15 Å². The molecule has 1 atom stereocenters. The number of aromatic nitrogens is 3. The number of carbonyl (C=O) groups excluding carboxylic acids is 2. The maximum absolute atomic E-state index is 14.1. The third-order valence-electron chi connectivity index (χ3n) is 4.98. The molecule has 2 aromatic carbocycles. The summed E-state index contributed by atoms with van der Waals surface area (Å²) in [7, 11) is 1.52. The second kappa shape index (κ2) is 10.0. The fourth-order valence-electron chi connectivity index (χ4n) is 3.49. The zero-order valence-electron chi connectivity index (χ0n) is 17.8. The predicted octanol–water partition coefficient (Wildman–Crippen LogP) is 2.70. The standard InChI is InChI=1S/C23H22FN5O4/c1-32-13-11-25-23(31)22(20-10-5-12-33-20)29(17-7-4-6-16(24)14-17)21(30)15-28-19-9-3-2-8-18(19)26-27-28/h2-10,12,14,22H,11,13,15H2,1H3,(H,25,31)/t22-/m1/s1. The SMILES string of the molecule is COCCNC(=O)[C@@H](c1ccco1)N(C(=O)Cn1nnc2ccccc21)c1cccc(F)c1. The van der Waals surface area contributed by atoms with Crippen molar-refractivity contribution in [2.24, 2.45) is 0 Å². The van der Waals surface area contributed by atoms with Gasteiger partial charge in [0, 0.05) is 19.3 Å². The smallest absolute Gasteiger partial charge is 0.251 e.